The maximum absolute atomic E-state index is 13.6. The van der Waals surface area contributed by atoms with Crippen molar-refractivity contribution in [1.29, 1.82) is 0 Å². The molecule has 2 aliphatic rings. The summed E-state index contributed by atoms with van der Waals surface area (Å²) >= 11 is 1.72. The molecule has 1 aliphatic carbocycles. The Morgan fingerprint density at radius 3 is 2.63 bits per heavy atom. The van der Waals surface area contributed by atoms with Gasteiger partial charge in [-0.2, -0.15) is 0 Å². The second-order valence-electron chi connectivity index (χ2n) is 7.83. The summed E-state index contributed by atoms with van der Waals surface area (Å²) in [5.74, 6) is 0.289. The Morgan fingerprint density at radius 1 is 1.22 bits per heavy atom. The van der Waals surface area contributed by atoms with Gasteiger partial charge in [-0.3, -0.25) is 4.79 Å². The number of piperidine rings is 1. The Hall–Kier alpha value is -1.95. The van der Waals surface area contributed by atoms with Crippen molar-refractivity contribution in [1.82, 2.24) is 14.9 Å². The zero-order chi connectivity index (χ0) is 18.9. The summed E-state index contributed by atoms with van der Waals surface area (Å²) in [6.45, 7) is 5.34. The third kappa shape index (κ3) is 3.72. The molecular weight excluding hydrogens is 358 g/mol. The van der Waals surface area contributed by atoms with Crippen LogP contribution in [0.5, 0.6) is 6.01 Å². The van der Waals surface area contributed by atoms with Crippen LogP contribution in [-0.2, 0) is 10.2 Å². The summed E-state index contributed by atoms with van der Waals surface area (Å²) in [5, 5.41) is 2.09. The number of hydrogen-bond acceptors (Lipinski definition) is 5. The fourth-order valence-corrected chi connectivity index (χ4v) is 5.49. The first kappa shape index (κ1) is 18.4. The van der Waals surface area contributed by atoms with Crippen molar-refractivity contribution in [3.63, 3.8) is 0 Å². The highest BCUT2D eigenvalue weighted by atomic mass is 32.1. The number of thiophene rings is 1. The number of carbonyl (C=O) groups excluding carboxylic acids is 1. The van der Waals surface area contributed by atoms with Gasteiger partial charge >= 0.3 is 6.01 Å². The fourth-order valence-electron chi connectivity index (χ4n) is 4.51. The zero-order valence-corrected chi connectivity index (χ0v) is 16.9. The predicted octanol–water partition coefficient (Wildman–Crippen LogP) is 4.04. The molecule has 2 aromatic heterocycles. The van der Waals surface area contributed by atoms with Gasteiger partial charge in [0.05, 0.1) is 12.0 Å². The van der Waals surface area contributed by atoms with E-state index in [0.717, 1.165) is 56.5 Å². The molecule has 2 fully saturated rings. The van der Waals surface area contributed by atoms with E-state index < -0.39 is 0 Å². The third-order valence-corrected chi connectivity index (χ3v) is 6.83. The van der Waals surface area contributed by atoms with Crippen LogP contribution in [0.2, 0.25) is 0 Å². The molecule has 27 heavy (non-hydrogen) atoms. The molecule has 2 aromatic rings. The lowest BCUT2D eigenvalue weighted by Gasteiger charge is -2.38. The van der Waals surface area contributed by atoms with E-state index in [2.05, 4.69) is 27.5 Å². The average Bonchev–Trinajstić information content (AvgIpc) is 3.33. The van der Waals surface area contributed by atoms with Crippen molar-refractivity contribution in [3.8, 4) is 6.01 Å². The van der Waals surface area contributed by atoms with Crippen LogP contribution in [0.15, 0.2) is 23.6 Å². The second kappa shape index (κ2) is 7.58. The van der Waals surface area contributed by atoms with Crippen LogP contribution in [0.3, 0.4) is 0 Å². The van der Waals surface area contributed by atoms with E-state index in [0.29, 0.717) is 12.6 Å². The summed E-state index contributed by atoms with van der Waals surface area (Å²) in [6.07, 6.45) is 6.06. The molecule has 1 unspecified atom stereocenters. The van der Waals surface area contributed by atoms with E-state index in [1.165, 1.54) is 4.88 Å². The van der Waals surface area contributed by atoms with E-state index in [9.17, 15) is 4.79 Å². The van der Waals surface area contributed by atoms with E-state index in [4.69, 9.17) is 4.74 Å². The number of amides is 1. The molecule has 0 spiro atoms. The number of aryl methyl sites for hydroxylation is 2. The monoisotopic (exact) mass is 385 g/mol. The van der Waals surface area contributed by atoms with Crippen LogP contribution >= 0.6 is 11.3 Å². The van der Waals surface area contributed by atoms with Gasteiger partial charge in [0.2, 0.25) is 5.91 Å². The Labute approximate surface area is 164 Å². The molecule has 1 saturated carbocycles. The highest BCUT2D eigenvalue weighted by Gasteiger charge is 2.46. The largest absolute Gasteiger partial charge is 0.458 e. The number of rotatable bonds is 4. The van der Waals surface area contributed by atoms with Crippen LogP contribution in [0.4, 0.5) is 0 Å². The minimum atomic E-state index is -0.313. The first-order chi connectivity index (χ1) is 13.1. The van der Waals surface area contributed by atoms with E-state index >= 15 is 0 Å². The standard InChI is InChI=1S/C21H27N3O2S/c1-15-13-16(2)23-20(22-15)26-17-7-5-11-24(14-17)19(25)21(9-3-4-10-21)18-8-6-12-27-18/h6,8,12-13,17H,3-5,7,9-11,14H2,1-2H3. The van der Waals surface area contributed by atoms with Gasteiger partial charge in [-0.1, -0.05) is 18.9 Å². The lowest BCUT2D eigenvalue weighted by atomic mass is 9.82. The van der Waals surface area contributed by atoms with E-state index in [1.54, 1.807) is 11.3 Å². The van der Waals surface area contributed by atoms with Gasteiger partial charge in [-0.15, -0.1) is 11.3 Å². The van der Waals surface area contributed by atoms with E-state index in [-0.39, 0.29) is 17.4 Å². The Kier molecular flexibility index (Phi) is 5.17. The molecule has 1 saturated heterocycles. The lowest BCUT2D eigenvalue weighted by molar-refractivity contribution is -0.140. The normalized spacial score (nSPS) is 22.0. The molecule has 1 amide bonds. The molecular formula is C21H27N3O2S. The predicted molar refractivity (Wildman–Crippen MR) is 106 cm³/mol. The molecule has 0 bridgehead atoms. The van der Waals surface area contributed by atoms with Crippen molar-refractivity contribution in [2.24, 2.45) is 0 Å². The van der Waals surface area contributed by atoms with Crippen molar-refractivity contribution in [3.05, 3.63) is 39.8 Å². The van der Waals surface area contributed by atoms with Crippen molar-refractivity contribution in [2.75, 3.05) is 13.1 Å². The van der Waals surface area contributed by atoms with Crippen LogP contribution in [0.1, 0.15) is 54.8 Å². The molecule has 6 heteroatoms. The highest BCUT2D eigenvalue weighted by Crippen LogP contribution is 2.44. The number of nitrogens with zero attached hydrogens (tertiary/aromatic N) is 3. The number of hydrogen-bond donors (Lipinski definition) is 0. The summed E-state index contributed by atoms with van der Waals surface area (Å²) in [7, 11) is 0. The zero-order valence-electron chi connectivity index (χ0n) is 16.1. The van der Waals surface area contributed by atoms with Crippen LogP contribution in [0, 0.1) is 13.8 Å². The van der Waals surface area contributed by atoms with Gasteiger partial charge < -0.3 is 9.64 Å². The molecule has 3 heterocycles. The van der Waals surface area contributed by atoms with E-state index in [1.807, 2.05) is 24.8 Å². The van der Waals surface area contributed by atoms with Gasteiger partial charge in [-0.05, 0) is 57.0 Å². The summed E-state index contributed by atoms with van der Waals surface area (Å²) < 4.78 is 6.07. The SMILES string of the molecule is Cc1cc(C)nc(OC2CCCN(C(=O)C3(c4cccs4)CCCC3)C2)n1. The van der Waals surface area contributed by atoms with Crippen molar-refractivity contribution < 1.29 is 9.53 Å². The van der Waals surface area contributed by atoms with Gasteiger partial charge in [0, 0.05) is 22.8 Å². The Morgan fingerprint density at radius 2 is 1.96 bits per heavy atom. The molecule has 1 atom stereocenters. The summed E-state index contributed by atoms with van der Waals surface area (Å²) in [5.41, 5.74) is 1.50. The maximum Gasteiger partial charge on any atom is 0.317 e. The Balaban J connectivity index is 1.49. The smallest absolute Gasteiger partial charge is 0.317 e. The van der Waals surface area contributed by atoms with Gasteiger partial charge in [0.15, 0.2) is 0 Å². The molecule has 0 aromatic carbocycles. The number of ether oxygens (including phenoxy) is 1. The van der Waals surface area contributed by atoms with Crippen LogP contribution < -0.4 is 4.74 Å². The summed E-state index contributed by atoms with van der Waals surface area (Å²) in [4.78, 5) is 25.6. The van der Waals surface area contributed by atoms with Gasteiger partial charge in [0.1, 0.15) is 6.10 Å². The van der Waals surface area contributed by atoms with Gasteiger partial charge in [0.25, 0.3) is 0 Å². The number of carbonyl (C=O) groups is 1. The first-order valence-corrected chi connectivity index (χ1v) is 10.8. The summed E-state index contributed by atoms with van der Waals surface area (Å²) in [6, 6.07) is 6.57. The Bertz CT molecular complexity index is 780. The first-order valence-electron chi connectivity index (χ1n) is 9.89. The second-order valence-corrected chi connectivity index (χ2v) is 8.78. The molecule has 5 nitrogen and oxygen atoms in total. The van der Waals surface area contributed by atoms with Gasteiger partial charge in [-0.25, -0.2) is 9.97 Å². The average molecular weight is 386 g/mol. The maximum atomic E-state index is 13.6. The topological polar surface area (TPSA) is 55.3 Å². The van der Waals surface area contributed by atoms with Crippen molar-refractivity contribution >= 4 is 17.2 Å². The minimum Gasteiger partial charge on any atom is -0.458 e. The molecule has 144 valence electrons. The number of aromatic nitrogens is 2. The van der Waals surface area contributed by atoms with Crippen LogP contribution in [-0.4, -0.2) is 40.0 Å². The molecule has 0 radical (unpaired) electrons. The highest BCUT2D eigenvalue weighted by molar-refractivity contribution is 7.10. The lowest BCUT2D eigenvalue weighted by Crippen LogP contribution is -2.51. The van der Waals surface area contributed by atoms with Crippen molar-refractivity contribution in [2.45, 2.75) is 63.9 Å². The molecule has 4 rings (SSSR count). The van der Waals surface area contributed by atoms with Crippen LogP contribution in [0.25, 0.3) is 0 Å². The molecule has 0 N–H and O–H groups in total. The number of likely N-dealkylation sites (tertiary alicyclic amines) is 1. The molecule has 1 aliphatic heterocycles. The minimum absolute atomic E-state index is 0.0364. The quantitative estimate of drug-likeness (QED) is 0.797. The fraction of sp³-hybridized carbons (Fsp3) is 0.571. The third-order valence-electron chi connectivity index (χ3n) is 5.76.